The molecule has 1 amide bonds. The van der Waals surface area contributed by atoms with Crippen LogP contribution in [0.3, 0.4) is 0 Å². The number of hydrogen-bond acceptors (Lipinski definition) is 4. The third-order valence-electron chi connectivity index (χ3n) is 4.01. The first-order chi connectivity index (χ1) is 11.0. The van der Waals surface area contributed by atoms with Crippen LogP contribution in [-0.2, 0) is 24.8 Å². The Bertz CT molecular complexity index is 814. The van der Waals surface area contributed by atoms with Gasteiger partial charge < -0.3 is 5.32 Å². The van der Waals surface area contributed by atoms with E-state index in [9.17, 15) is 4.79 Å². The van der Waals surface area contributed by atoms with Gasteiger partial charge in [-0.15, -0.1) is 0 Å². The summed E-state index contributed by atoms with van der Waals surface area (Å²) in [6, 6.07) is 1.84. The number of nitrogens with one attached hydrogen (secondary N) is 1. The average molecular weight is 312 g/mol. The Labute approximate surface area is 134 Å². The first-order valence-corrected chi connectivity index (χ1v) is 7.59. The van der Waals surface area contributed by atoms with Crippen LogP contribution in [-0.4, -0.2) is 30.1 Å². The van der Waals surface area contributed by atoms with Crippen molar-refractivity contribution in [2.45, 2.75) is 33.2 Å². The molecular formula is C16H20N6O. The molecular weight excluding hydrogens is 292 g/mol. The predicted molar refractivity (Wildman–Crippen MR) is 85.8 cm³/mol. The maximum absolute atomic E-state index is 12.0. The Morgan fingerprint density at radius 1 is 1.35 bits per heavy atom. The SMILES string of the molecule is Cc1nn(C)c(C)c1CCC(=O)NCc1cn2cccnc2n1. The van der Waals surface area contributed by atoms with E-state index in [1.165, 1.54) is 0 Å². The number of carbonyl (C=O) groups is 1. The van der Waals surface area contributed by atoms with Crippen LogP contribution in [0.1, 0.15) is 29.1 Å². The predicted octanol–water partition coefficient (Wildman–Crippen LogP) is 1.33. The van der Waals surface area contributed by atoms with Crippen molar-refractivity contribution in [2.75, 3.05) is 0 Å². The number of imidazole rings is 1. The number of fused-ring (bicyclic) bond motifs is 1. The molecule has 1 N–H and O–H groups in total. The van der Waals surface area contributed by atoms with Gasteiger partial charge >= 0.3 is 0 Å². The highest BCUT2D eigenvalue weighted by Gasteiger charge is 2.11. The normalized spacial score (nSPS) is 11.1. The molecule has 0 bridgehead atoms. The number of aryl methyl sites for hydroxylation is 2. The van der Waals surface area contributed by atoms with Crippen LogP contribution in [0.4, 0.5) is 0 Å². The standard InChI is InChI=1S/C16H20N6O/c1-11-14(12(2)21(3)20-11)5-6-15(23)18-9-13-10-22-8-4-7-17-16(22)19-13/h4,7-8,10H,5-6,9H2,1-3H3,(H,18,23). The lowest BCUT2D eigenvalue weighted by molar-refractivity contribution is -0.121. The third kappa shape index (κ3) is 3.23. The van der Waals surface area contributed by atoms with Crippen LogP contribution < -0.4 is 5.32 Å². The Hall–Kier alpha value is -2.70. The maximum Gasteiger partial charge on any atom is 0.233 e. The quantitative estimate of drug-likeness (QED) is 0.771. The zero-order chi connectivity index (χ0) is 16.4. The molecule has 0 aromatic carbocycles. The third-order valence-corrected chi connectivity index (χ3v) is 4.01. The van der Waals surface area contributed by atoms with Gasteiger partial charge in [0.2, 0.25) is 11.7 Å². The van der Waals surface area contributed by atoms with Crippen LogP contribution in [0, 0.1) is 13.8 Å². The van der Waals surface area contributed by atoms with Gasteiger partial charge in [0, 0.05) is 37.8 Å². The van der Waals surface area contributed by atoms with Crippen LogP contribution in [0.5, 0.6) is 0 Å². The average Bonchev–Trinajstić information content (AvgIpc) is 3.05. The molecule has 0 radical (unpaired) electrons. The lowest BCUT2D eigenvalue weighted by Gasteiger charge is -2.04. The van der Waals surface area contributed by atoms with Gasteiger partial charge in [0.1, 0.15) is 0 Å². The van der Waals surface area contributed by atoms with Crippen LogP contribution in [0.2, 0.25) is 0 Å². The Morgan fingerprint density at radius 3 is 2.87 bits per heavy atom. The Kier molecular flexibility index (Phi) is 4.10. The molecule has 0 aliphatic carbocycles. The van der Waals surface area contributed by atoms with E-state index in [0.29, 0.717) is 25.2 Å². The minimum atomic E-state index is 0.0117. The lowest BCUT2D eigenvalue weighted by Crippen LogP contribution is -2.23. The van der Waals surface area contributed by atoms with Crippen molar-refractivity contribution in [1.29, 1.82) is 0 Å². The largest absolute Gasteiger partial charge is 0.350 e. The summed E-state index contributed by atoms with van der Waals surface area (Å²) in [5.74, 6) is 0.649. The van der Waals surface area contributed by atoms with E-state index in [1.807, 2.05) is 48.4 Å². The summed E-state index contributed by atoms with van der Waals surface area (Å²) >= 11 is 0. The van der Waals surface area contributed by atoms with E-state index in [4.69, 9.17) is 0 Å². The van der Waals surface area contributed by atoms with Crippen LogP contribution in [0.25, 0.3) is 5.78 Å². The molecule has 0 atom stereocenters. The second-order valence-electron chi connectivity index (χ2n) is 5.61. The molecule has 0 aliphatic heterocycles. The minimum absolute atomic E-state index is 0.0117. The highest BCUT2D eigenvalue weighted by molar-refractivity contribution is 5.76. The number of amides is 1. The summed E-state index contributed by atoms with van der Waals surface area (Å²) in [6.07, 6.45) is 6.60. The van der Waals surface area contributed by atoms with Crippen molar-refractivity contribution in [3.8, 4) is 0 Å². The van der Waals surface area contributed by atoms with Gasteiger partial charge in [-0.2, -0.15) is 5.10 Å². The van der Waals surface area contributed by atoms with Crippen molar-refractivity contribution < 1.29 is 4.79 Å². The van der Waals surface area contributed by atoms with Gasteiger partial charge in [0.25, 0.3) is 0 Å². The topological polar surface area (TPSA) is 77.1 Å². The fourth-order valence-corrected chi connectivity index (χ4v) is 2.66. The summed E-state index contributed by atoms with van der Waals surface area (Å²) < 4.78 is 3.69. The molecule has 0 unspecified atom stereocenters. The van der Waals surface area contributed by atoms with Gasteiger partial charge in [0.05, 0.1) is 17.9 Å². The molecule has 0 saturated heterocycles. The fraction of sp³-hybridized carbons (Fsp3) is 0.375. The fourth-order valence-electron chi connectivity index (χ4n) is 2.66. The van der Waals surface area contributed by atoms with E-state index < -0.39 is 0 Å². The highest BCUT2D eigenvalue weighted by atomic mass is 16.1. The number of hydrogen-bond donors (Lipinski definition) is 1. The van der Waals surface area contributed by atoms with Gasteiger partial charge in [-0.3, -0.25) is 13.9 Å². The number of aromatic nitrogens is 5. The Balaban J connectivity index is 1.55. The molecule has 0 aliphatic rings. The van der Waals surface area contributed by atoms with E-state index >= 15 is 0 Å². The molecule has 0 fully saturated rings. The summed E-state index contributed by atoms with van der Waals surface area (Å²) in [5, 5.41) is 7.28. The summed E-state index contributed by atoms with van der Waals surface area (Å²) in [7, 11) is 1.92. The van der Waals surface area contributed by atoms with Crippen molar-refractivity contribution in [1.82, 2.24) is 29.5 Å². The molecule has 3 heterocycles. The van der Waals surface area contributed by atoms with Gasteiger partial charge in [-0.05, 0) is 31.9 Å². The second-order valence-corrected chi connectivity index (χ2v) is 5.61. The second kappa shape index (κ2) is 6.20. The zero-order valence-corrected chi connectivity index (χ0v) is 13.6. The molecule has 0 saturated carbocycles. The van der Waals surface area contributed by atoms with Crippen molar-refractivity contribution in [2.24, 2.45) is 7.05 Å². The summed E-state index contributed by atoms with van der Waals surface area (Å²) in [5.41, 5.74) is 4.05. The van der Waals surface area contributed by atoms with Gasteiger partial charge in [-0.1, -0.05) is 0 Å². The first-order valence-electron chi connectivity index (χ1n) is 7.59. The van der Waals surface area contributed by atoms with Crippen LogP contribution in [0.15, 0.2) is 24.7 Å². The molecule has 3 aromatic rings. The smallest absolute Gasteiger partial charge is 0.233 e. The first kappa shape index (κ1) is 15.2. The zero-order valence-electron chi connectivity index (χ0n) is 13.6. The maximum atomic E-state index is 12.0. The molecule has 0 spiro atoms. The minimum Gasteiger partial charge on any atom is -0.350 e. The number of rotatable bonds is 5. The molecule has 7 nitrogen and oxygen atoms in total. The molecule has 23 heavy (non-hydrogen) atoms. The summed E-state index contributed by atoms with van der Waals surface area (Å²) in [4.78, 5) is 20.6. The number of carbonyl (C=O) groups excluding carboxylic acids is 1. The van der Waals surface area contributed by atoms with E-state index in [-0.39, 0.29) is 5.91 Å². The monoisotopic (exact) mass is 312 g/mol. The molecule has 3 aromatic heterocycles. The van der Waals surface area contributed by atoms with Crippen molar-refractivity contribution in [3.63, 3.8) is 0 Å². The van der Waals surface area contributed by atoms with E-state index in [0.717, 1.165) is 22.6 Å². The molecule has 120 valence electrons. The lowest BCUT2D eigenvalue weighted by atomic mass is 10.1. The number of nitrogens with zero attached hydrogens (tertiary/aromatic N) is 5. The van der Waals surface area contributed by atoms with Crippen molar-refractivity contribution >= 4 is 11.7 Å². The molecule has 3 rings (SSSR count). The van der Waals surface area contributed by atoms with E-state index in [2.05, 4.69) is 20.4 Å². The highest BCUT2D eigenvalue weighted by Crippen LogP contribution is 2.14. The summed E-state index contributed by atoms with van der Waals surface area (Å²) in [6.45, 7) is 4.41. The van der Waals surface area contributed by atoms with Gasteiger partial charge in [0.15, 0.2) is 0 Å². The van der Waals surface area contributed by atoms with Gasteiger partial charge in [-0.25, -0.2) is 9.97 Å². The van der Waals surface area contributed by atoms with E-state index in [1.54, 1.807) is 6.20 Å². The van der Waals surface area contributed by atoms with Crippen molar-refractivity contribution in [3.05, 3.63) is 47.3 Å². The molecule has 7 heteroatoms. The Morgan fingerprint density at radius 2 is 2.17 bits per heavy atom. The van der Waals surface area contributed by atoms with Crippen LogP contribution >= 0.6 is 0 Å².